The average Bonchev–Trinajstić information content (AvgIpc) is 2.85. The molecule has 2 aliphatic carbocycles. The van der Waals surface area contributed by atoms with Crippen LogP contribution in [0.1, 0.15) is 32.1 Å². The Morgan fingerprint density at radius 1 is 1.06 bits per heavy atom. The van der Waals surface area contributed by atoms with E-state index in [2.05, 4.69) is 63.3 Å². The molecule has 0 radical (unpaired) electrons. The maximum atomic E-state index is 15.2. The molecular formula is C24H27FN6OS4. The molecule has 0 amide bonds. The van der Waals surface area contributed by atoms with Crippen LogP contribution in [0.3, 0.4) is 0 Å². The lowest BCUT2D eigenvalue weighted by atomic mass is 9.69. The number of halogens is 1. The Labute approximate surface area is 230 Å². The van der Waals surface area contributed by atoms with Gasteiger partial charge >= 0.3 is 0 Å². The third-order valence-corrected chi connectivity index (χ3v) is 8.57. The van der Waals surface area contributed by atoms with Crippen LogP contribution in [0.2, 0.25) is 0 Å². The van der Waals surface area contributed by atoms with E-state index in [1.54, 1.807) is 24.5 Å². The first-order chi connectivity index (χ1) is 17.2. The summed E-state index contributed by atoms with van der Waals surface area (Å²) in [7, 11) is 1.87. The first kappa shape index (κ1) is 25.9. The maximum Gasteiger partial charge on any atom is 0.185 e. The summed E-state index contributed by atoms with van der Waals surface area (Å²) in [4.78, 5) is 6.31. The fraction of sp³-hybridized carbons (Fsp3) is 0.458. The fourth-order valence-corrected chi connectivity index (χ4v) is 6.71. The molecule has 0 unspecified atom stereocenters. The van der Waals surface area contributed by atoms with Crippen molar-refractivity contribution in [2.75, 3.05) is 11.9 Å². The normalized spacial score (nSPS) is 23.9. The van der Waals surface area contributed by atoms with Gasteiger partial charge in [0, 0.05) is 12.6 Å². The third-order valence-electron chi connectivity index (χ3n) is 7.07. The summed E-state index contributed by atoms with van der Waals surface area (Å²) in [6, 6.07) is 6.81. The second kappa shape index (κ2) is 10.5. The van der Waals surface area contributed by atoms with Crippen molar-refractivity contribution < 1.29 is 9.50 Å². The summed E-state index contributed by atoms with van der Waals surface area (Å²) < 4.78 is 14.3. The standard InChI is InChI=1S/C24H27FN6OS4/c1-31(18-8-13-3-2-4-15(7-13)22(18)25)20-12-26-23(30-28-20)17-6-5-14(9-19(17)32)16-10-21(29-27-11-16)36-24(33,34)35/h5-6,9-13,15,18,22,32-35H,2-4,7-8H2,1H3/t13-,15+,18+,22-/m1/s1. The third kappa shape index (κ3) is 5.71. The van der Waals surface area contributed by atoms with Crippen LogP contribution in [0.4, 0.5) is 10.2 Å². The number of aromatic nitrogens is 5. The average molecular weight is 563 g/mol. The second-order valence-electron chi connectivity index (χ2n) is 9.48. The number of rotatable bonds is 6. The number of nitrogens with zero attached hydrogens (tertiary/aromatic N) is 6. The topological polar surface area (TPSA) is 87.9 Å². The first-order valence-electron chi connectivity index (χ1n) is 11.8. The number of fused-ring (bicyclic) bond motifs is 2. The van der Waals surface area contributed by atoms with E-state index in [1.807, 2.05) is 24.1 Å². The molecule has 0 saturated heterocycles. The number of anilines is 1. The lowest BCUT2D eigenvalue weighted by molar-refractivity contribution is 0.0656. The van der Waals surface area contributed by atoms with Gasteiger partial charge in [0.05, 0.1) is 24.0 Å². The van der Waals surface area contributed by atoms with E-state index < -0.39 is 8.91 Å². The number of phenols is 1. The Hall–Kier alpha value is -1.76. The highest BCUT2D eigenvalue weighted by Crippen LogP contribution is 2.44. The number of hydrogen-bond donors (Lipinski definition) is 4. The number of alkyl halides is 1. The molecule has 36 heavy (non-hydrogen) atoms. The van der Waals surface area contributed by atoms with Gasteiger partial charge in [-0.3, -0.25) is 0 Å². The molecule has 2 saturated carbocycles. The molecule has 2 bridgehead atoms. The van der Waals surface area contributed by atoms with Crippen LogP contribution >= 0.6 is 49.6 Å². The highest BCUT2D eigenvalue weighted by Gasteiger charge is 2.42. The van der Waals surface area contributed by atoms with Crippen LogP contribution in [-0.2, 0) is 0 Å². The van der Waals surface area contributed by atoms with Crippen LogP contribution in [0, 0.1) is 11.8 Å². The molecule has 190 valence electrons. The minimum Gasteiger partial charge on any atom is -0.507 e. The molecule has 12 heteroatoms. The van der Waals surface area contributed by atoms with Gasteiger partial charge in [0.1, 0.15) is 16.9 Å². The molecule has 0 aliphatic heterocycles. The number of aromatic hydroxyl groups is 1. The van der Waals surface area contributed by atoms with Gasteiger partial charge in [-0.15, -0.1) is 53.2 Å². The van der Waals surface area contributed by atoms with Crippen LogP contribution in [-0.4, -0.2) is 52.5 Å². The monoisotopic (exact) mass is 562 g/mol. The van der Waals surface area contributed by atoms with E-state index in [0.717, 1.165) is 36.8 Å². The van der Waals surface area contributed by atoms with Gasteiger partial charge in [0.2, 0.25) is 0 Å². The van der Waals surface area contributed by atoms with Crippen molar-refractivity contribution in [2.45, 2.75) is 52.1 Å². The Kier molecular flexibility index (Phi) is 7.58. The van der Waals surface area contributed by atoms with E-state index in [9.17, 15) is 5.11 Å². The van der Waals surface area contributed by atoms with Gasteiger partial charge in [0.25, 0.3) is 0 Å². The number of thioether (sulfide) groups is 1. The van der Waals surface area contributed by atoms with Gasteiger partial charge in [0.15, 0.2) is 14.4 Å². The molecule has 2 heterocycles. The molecule has 2 aliphatic rings. The van der Waals surface area contributed by atoms with Gasteiger partial charge < -0.3 is 10.0 Å². The minimum absolute atomic E-state index is 0.0114. The molecule has 2 aromatic heterocycles. The van der Waals surface area contributed by atoms with Crippen molar-refractivity contribution in [3.8, 4) is 28.3 Å². The summed E-state index contributed by atoms with van der Waals surface area (Å²) in [6.07, 6.45) is 7.45. The molecule has 3 aromatic rings. The lowest BCUT2D eigenvalue weighted by Crippen LogP contribution is -2.49. The van der Waals surface area contributed by atoms with Crippen LogP contribution in [0.25, 0.3) is 22.5 Å². The Morgan fingerprint density at radius 2 is 1.89 bits per heavy atom. The molecule has 1 N–H and O–H groups in total. The zero-order valence-electron chi connectivity index (χ0n) is 19.6. The Bertz CT molecular complexity index is 1230. The minimum atomic E-state index is -0.898. The zero-order valence-corrected chi connectivity index (χ0v) is 23.1. The van der Waals surface area contributed by atoms with Crippen LogP contribution < -0.4 is 4.90 Å². The number of thiol groups is 3. The summed E-state index contributed by atoms with van der Waals surface area (Å²) in [5.74, 6) is 1.56. The fourth-order valence-electron chi connectivity index (χ4n) is 5.31. The smallest absolute Gasteiger partial charge is 0.185 e. The summed E-state index contributed by atoms with van der Waals surface area (Å²) in [5.41, 5.74) is 1.97. The van der Waals surface area contributed by atoms with E-state index >= 15 is 4.39 Å². The molecule has 4 atom stereocenters. The second-order valence-corrected chi connectivity index (χ2v) is 14.7. The van der Waals surface area contributed by atoms with Gasteiger partial charge in [-0.25, -0.2) is 9.37 Å². The molecule has 7 nitrogen and oxygen atoms in total. The number of phenolic OH excluding ortho intramolecular Hbond substituents is 1. The van der Waals surface area contributed by atoms with E-state index in [0.29, 0.717) is 28.1 Å². The summed E-state index contributed by atoms with van der Waals surface area (Å²) in [6.45, 7) is 0. The van der Waals surface area contributed by atoms with E-state index in [4.69, 9.17) is 0 Å². The van der Waals surface area contributed by atoms with Gasteiger partial charge in [-0.2, -0.15) is 5.10 Å². The molecule has 5 rings (SSSR count). The van der Waals surface area contributed by atoms with Crippen LogP contribution in [0.15, 0.2) is 41.7 Å². The molecule has 0 spiro atoms. The van der Waals surface area contributed by atoms with Crippen LogP contribution in [0.5, 0.6) is 5.75 Å². The van der Waals surface area contributed by atoms with Crippen molar-refractivity contribution in [2.24, 2.45) is 11.8 Å². The van der Waals surface area contributed by atoms with Crippen molar-refractivity contribution in [1.29, 1.82) is 0 Å². The van der Waals surface area contributed by atoms with Crippen molar-refractivity contribution >= 4 is 55.5 Å². The van der Waals surface area contributed by atoms with E-state index in [-0.39, 0.29) is 17.7 Å². The number of hydrogen-bond acceptors (Lipinski definition) is 11. The summed E-state index contributed by atoms with van der Waals surface area (Å²) >= 11 is 14.0. The maximum absolute atomic E-state index is 15.2. The van der Waals surface area contributed by atoms with Crippen molar-refractivity contribution in [3.05, 3.63) is 36.7 Å². The van der Waals surface area contributed by atoms with Crippen molar-refractivity contribution in [1.82, 2.24) is 25.4 Å². The highest BCUT2D eigenvalue weighted by molar-refractivity contribution is 8.36. The lowest BCUT2D eigenvalue weighted by Gasteiger charge is -2.45. The molecule has 2 fully saturated rings. The largest absolute Gasteiger partial charge is 0.507 e. The quantitative estimate of drug-likeness (QED) is 0.177. The SMILES string of the molecule is CN(c1cnc(-c2ccc(-c3cnnc(SC(S)(S)S)c3)cc2O)nn1)[C@H]1C[C@@H]2CCC[C@@H](C2)[C@H]1F. The summed E-state index contributed by atoms with van der Waals surface area (Å²) in [5, 5.41) is 28.0. The van der Waals surface area contributed by atoms with Crippen molar-refractivity contribution in [3.63, 3.8) is 0 Å². The zero-order chi connectivity index (χ0) is 25.4. The Balaban J connectivity index is 1.33. The highest BCUT2D eigenvalue weighted by atomic mass is 32.3. The molecular weight excluding hydrogens is 536 g/mol. The molecule has 1 aromatic carbocycles. The predicted octanol–water partition coefficient (Wildman–Crippen LogP) is 5.55. The Morgan fingerprint density at radius 3 is 2.61 bits per heavy atom. The predicted molar refractivity (Wildman–Crippen MR) is 151 cm³/mol. The first-order valence-corrected chi connectivity index (χ1v) is 13.9. The van der Waals surface area contributed by atoms with Gasteiger partial charge in [-0.1, -0.05) is 30.7 Å². The van der Waals surface area contributed by atoms with E-state index in [1.165, 1.54) is 18.2 Å². The van der Waals surface area contributed by atoms with Gasteiger partial charge in [-0.05, 0) is 54.9 Å². The number of benzene rings is 1.